The highest BCUT2D eigenvalue weighted by molar-refractivity contribution is 5.21. The van der Waals surface area contributed by atoms with E-state index in [0.29, 0.717) is 0 Å². The Morgan fingerprint density at radius 1 is 1.45 bits per heavy atom. The molecular weight excluding hydrogens is 139 g/mol. The fraction of sp³-hybridized carbons (Fsp3) is 0.400. The molecule has 0 aromatic carbocycles. The zero-order valence-corrected chi connectivity index (χ0v) is 7.23. The van der Waals surface area contributed by atoms with Crippen molar-refractivity contribution in [2.24, 2.45) is 0 Å². The summed E-state index contributed by atoms with van der Waals surface area (Å²) in [6.45, 7) is 7.51. The Labute approximate surface area is 68.1 Å². The molecule has 0 aliphatic rings. The highest BCUT2D eigenvalue weighted by Gasteiger charge is 1.86. The molecule has 0 N–H and O–H groups in total. The van der Waals surface area contributed by atoms with Crippen LogP contribution in [0.3, 0.4) is 0 Å². The first kappa shape index (κ1) is 10.2. The number of halogens is 1. The summed E-state index contributed by atoms with van der Waals surface area (Å²) in [7, 11) is 0. The van der Waals surface area contributed by atoms with E-state index in [1.807, 2.05) is 0 Å². The zero-order chi connectivity index (χ0) is 8.69. The number of hydrogen-bond acceptors (Lipinski definition) is 0. The lowest BCUT2D eigenvalue weighted by Crippen LogP contribution is -1.73. The van der Waals surface area contributed by atoms with E-state index < -0.39 is 0 Å². The average Bonchev–Trinajstić information content (AvgIpc) is 2.01. The minimum atomic E-state index is -0.206. The third-order valence-electron chi connectivity index (χ3n) is 1.33. The third-order valence-corrected chi connectivity index (χ3v) is 1.33. The lowest BCUT2D eigenvalue weighted by molar-refractivity contribution is 0.664. The molecular formula is C10H15F. The van der Waals surface area contributed by atoms with E-state index in [2.05, 4.69) is 13.5 Å². The van der Waals surface area contributed by atoms with Gasteiger partial charge in [-0.1, -0.05) is 37.6 Å². The molecule has 0 unspecified atom stereocenters. The van der Waals surface area contributed by atoms with E-state index in [0.717, 1.165) is 18.4 Å². The molecule has 0 aromatic rings. The second kappa shape index (κ2) is 5.90. The summed E-state index contributed by atoms with van der Waals surface area (Å²) in [6, 6.07) is 0. The van der Waals surface area contributed by atoms with Crippen molar-refractivity contribution in [1.82, 2.24) is 0 Å². The number of rotatable bonds is 4. The van der Waals surface area contributed by atoms with Crippen LogP contribution in [0.2, 0.25) is 0 Å². The van der Waals surface area contributed by atoms with E-state index in [1.165, 1.54) is 12.2 Å². The van der Waals surface area contributed by atoms with Crippen LogP contribution in [0.15, 0.2) is 36.2 Å². The predicted octanol–water partition coefficient (Wildman–Crippen LogP) is 3.77. The van der Waals surface area contributed by atoms with Crippen molar-refractivity contribution in [2.75, 3.05) is 0 Å². The van der Waals surface area contributed by atoms with Crippen molar-refractivity contribution in [3.63, 3.8) is 0 Å². The Bertz CT molecular complexity index is 175. The molecule has 0 atom stereocenters. The van der Waals surface area contributed by atoms with Gasteiger partial charge in [0.25, 0.3) is 0 Å². The number of hydrogen-bond donors (Lipinski definition) is 0. The molecule has 0 heterocycles. The monoisotopic (exact) mass is 154 g/mol. The summed E-state index contributed by atoms with van der Waals surface area (Å²) in [4.78, 5) is 0. The summed E-state index contributed by atoms with van der Waals surface area (Å²) in [5, 5.41) is 0. The predicted molar refractivity (Wildman–Crippen MR) is 48.1 cm³/mol. The van der Waals surface area contributed by atoms with Gasteiger partial charge in [0.2, 0.25) is 0 Å². The van der Waals surface area contributed by atoms with Crippen molar-refractivity contribution >= 4 is 0 Å². The van der Waals surface area contributed by atoms with Crippen molar-refractivity contribution < 1.29 is 4.39 Å². The van der Waals surface area contributed by atoms with Crippen LogP contribution in [-0.2, 0) is 0 Å². The van der Waals surface area contributed by atoms with Gasteiger partial charge >= 0.3 is 0 Å². The van der Waals surface area contributed by atoms with E-state index in [-0.39, 0.29) is 5.83 Å². The zero-order valence-electron chi connectivity index (χ0n) is 7.23. The fourth-order valence-electron chi connectivity index (χ4n) is 0.698. The largest absolute Gasteiger partial charge is 0.207 e. The van der Waals surface area contributed by atoms with Gasteiger partial charge in [-0.05, 0) is 19.4 Å². The SMILES string of the molecule is C=C(C=CC(F)=CC)CCC. The third kappa shape index (κ3) is 5.59. The van der Waals surface area contributed by atoms with Crippen LogP contribution in [-0.4, -0.2) is 0 Å². The molecule has 0 bridgehead atoms. The first-order valence-corrected chi connectivity index (χ1v) is 3.88. The topological polar surface area (TPSA) is 0 Å². The second-order valence-corrected chi connectivity index (χ2v) is 2.42. The van der Waals surface area contributed by atoms with Gasteiger partial charge in [-0.15, -0.1) is 0 Å². The highest BCUT2D eigenvalue weighted by atomic mass is 19.1. The minimum Gasteiger partial charge on any atom is -0.207 e. The van der Waals surface area contributed by atoms with Gasteiger partial charge in [0.15, 0.2) is 0 Å². The van der Waals surface area contributed by atoms with Gasteiger partial charge in [-0.25, -0.2) is 4.39 Å². The van der Waals surface area contributed by atoms with Gasteiger partial charge < -0.3 is 0 Å². The lowest BCUT2D eigenvalue weighted by atomic mass is 10.1. The second-order valence-electron chi connectivity index (χ2n) is 2.42. The minimum absolute atomic E-state index is 0.206. The van der Waals surface area contributed by atoms with Crippen molar-refractivity contribution in [3.05, 3.63) is 36.2 Å². The molecule has 0 aromatic heterocycles. The quantitative estimate of drug-likeness (QED) is 0.541. The molecule has 0 saturated carbocycles. The van der Waals surface area contributed by atoms with Crippen LogP contribution >= 0.6 is 0 Å². The van der Waals surface area contributed by atoms with Gasteiger partial charge in [0, 0.05) is 0 Å². The average molecular weight is 154 g/mol. The molecule has 0 spiro atoms. The first-order chi connectivity index (χ1) is 5.20. The summed E-state index contributed by atoms with van der Waals surface area (Å²) < 4.78 is 12.5. The normalized spacial score (nSPS) is 12.5. The molecule has 0 rings (SSSR count). The van der Waals surface area contributed by atoms with Gasteiger partial charge in [0.05, 0.1) is 0 Å². The van der Waals surface area contributed by atoms with E-state index in [1.54, 1.807) is 13.0 Å². The summed E-state index contributed by atoms with van der Waals surface area (Å²) in [5.74, 6) is -0.206. The van der Waals surface area contributed by atoms with E-state index in [4.69, 9.17) is 0 Å². The van der Waals surface area contributed by atoms with Crippen LogP contribution in [0, 0.1) is 0 Å². The maximum Gasteiger partial charge on any atom is 0.118 e. The molecule has 11 heavy (non-hydrogen) atoms. The van der Waals surface area contributed by atoms with Crippen LogP contribution < -0.4 is 0 Å². The Morgan fingerprint density at radius 3 is 2.55 bits per heavy atom. The molecule has 62 valence electrons. The van der Waals surface area contributed by atoms with Gasteiger partial charge in [0.1, 0.15) is 5.83 Å². The summed E-state index contributed by atoms with van der Waals surface area (Å²) in [6.07, 6.45) is 6.58. The molecule has 0 aliphatic heterocycles. The van der Waals surface area contributed by atoms with Crippen LogP contribution in [0.1, 0.15) is 26.7 Å². The Morgan fingerprint density at radius 2 is 2.09 bits per heavy atom. The molecule has 0 nitrogen and oxygen atoms in total. The van der Waals surface area contributed by atoms with Crippen LogP contribution in [0.25, 0.3) is 0 Å². The smallest absolute Gasteiger partial charge is 0.118 e. The van der Waals surface area contributed by atoms with Crippen LogP contribution in [0.4, 0.5) is 4.39 Å². The Kier molecular flexibility index (Phi) is 5.44. The molecule has 1 heteroatoms. The van der Waals surface area contributed by atoms with Crippen molar-refractivity contribution in [2.45, 2.75) is 26.7 Å². The fourth-order valence-corrected chi connectivity index (χ4v) is 0.698. The molecule has 0 fully saturated rings. The Hall–Kier alpha value is -0.850. The first-order valence-electron chi connectivity index (χ1n) is 3.88. The standard InChI is InChI=1S/C10H15F/c1-4-6-9(3)7-8-10(11)5-2/h5,7-8H,3-4,6H2,1-2H3. The summed E-state index contributed by atoms with van der Waals surface area (Å²) in [5.41, 5.74) is 0.976. The lowest BCUT2D eigenvalue weighted by Gasteiger charge is -1.93. The highest BCUT2D eigenvalue weighted by Crippen LogP contribution is 2.06. The molecule has 0 saturated heterocycles. The van der Waals surface area contributed by atoms with Crippen molar-refractivity contribution in [1.29, 1.82) is 0 Å². The van der Waals surface area contributed by atoms with Crippen LogP contribution in [0.5, 0.6) is 0 Å². The molecule has 0 amide bonds. The van der Waals surface area contributed by atoms with Gasteiger partial charge in [-0.3, -0.25) is 0 Å². The Balaban J connectivity index is 3.83. The number of allylic oxidation sites excluding steroid dienone is 5. The summed E-state index contributed by atoms with van der Waals surface area (Å²) >= 11 is 0. The maximum atomic E-state index is 12.5. The van der Waals surface area contributed by atoms with Crippen molar-refractivity contribution in [3.8, 4) is 0 Å². The molecule has 0 aliphatic carbocycles. The molecule has 0 radical (unpaired) electrons. The maximum absolute atomic E-state index is 12.5. The van der Waals surface area contributed by atoms with E-state index in [9.17, 15) is 4.39 Å². The van der Waals surface area contributed by atoms with Gasteiger partial charge in [-0.2, -0.15) is 0 Å². The van der Waals surface area contributed by atoms with E-state index >= 15 is 0 Å².